The van der Waals surface area contributed by atoms with Gasteiger partial charge in [0.05, 0.1) is 18.6 Å². The van der Waals surface area contributed by atoms with E-state index in [4.69, 9.17) is 0 Å². The maximum absolute atomic E-state index is 14.2. The number of carbonyl (C=O) groups is 1. The van der Waals surface area contributed by atoms with Crippen molar-refractivity contribution < 1.29 is 30.4 Å². The zero-order chi connectivity index (χ0) is 31.6. The van der Waals surface area contributed by atoms with Crippen molar-refractivity contribution in [2.24, 2.45) is 17.8 Å². The lowest BCUT2D eigenvalue weighted by Crippen LogP contribution is -2.48. The van der Waals surface area contributed by atoms with Crippen LogP contribution in [0.25, 0.3) is 0 Å². The van der Waals surface area contributed by atoms with E-state index in [2.05, 4.69) is 10.2 Å². The van der Waals surface area contributed by atoms with E-state index >= 15 is 0 Å². The third kappa shape index (κ3) is 8.28. The lowest BCUT2D eigenvalue weighted by molar-refractivity contribution is 0.106. The summed E-state index contributed by atoms with van der Waals surface area (Å²) in [5, 5.41) is 3.03. The van der Waals surface area contributed by atoms with Crippen molar-refractivity contribution in [1.29, 1.82) is 0 Å². The van der Waals surface area contributed by atoms with E-state index in [1.165, 1.54) is 33.3 Å². The molecule has 1 aromatic rings. The van der Waals surface area contributed by atoms with Crippen molar-refractivity contribution in [3.63, 3.8) is 0 Å². The minimum atomic E-state index is -3.27. The average molecular weight is 660 g/mol. The number of nitrogens with one attached hydrogen (secondary N) is 1. The maximum atomic E-state index is 14.2. The first-order chi connectivity index (χ1) is 20.8. The van der Waals surface area contributed by atoms with Crippen molar-refractivity contribution >= 4 is 26.1 Å². The number of sulfonamides is 2. The van der Waals surface area contributed by atoms with Gasteiger partial charge in [0, 0.05) is 45.3 Å². The number of hydrogen-bond donors (Lipinski definition) is 1. The van der Waals surface area contributed by atoms with Crippen LogP contribution in [0.15, 0.2) is 18.2 Å². The molecule has 1 aromatic carbocycles. The van der Waals surface area contributed by atoms with Crippen LogP contribution in [-0.4, -0.2) is 119 Å². The lowest BCUT2D eigenvalue weighted by Gasteiger charge is -2.40. The van der Waals surface area contributed by atoms with Crippen LogP contribution in [0.1, 0.15) is 56.4 Å². The summed E-state index contributed by atoms with van der Waals surface area (Å²) in [5.41, 5.74) is 0.642. The van der Waals surface area contributed by atoms with Gasteiger partial charge < -0.3 is 15.1 Å². The van der Waals surface area contributed by atoms with Gasteiger partial charge in [-0.25, -0.2) is 39.0 Å². The number of urea groups is 1. The van der Waals surface area contributed by atoms with E-state index < -0.39 is 31.7 Å². The fourth-order valence-electron chi connectivity index (χ4n) is 7.85. The van der Waals surface area contributed by atoms with E-state index in [-0.39, 0.29) is 29.8 Å². The molecule has 0 saturated carbocycles. The van der Waals surface area contributed by atoms with Gasteiger partial charge in [-0.15, -0.1) is 0 Å². The van der Waals surface area contributed by atoms with Gasteiger partial charge >= 0.3 is 6.03 Å². The summed E-state index contributed by atoms with van der Waals surface area (Å²) < 4.78 is 79.3. The van der Waals surface area contributed by atoms with E-state index in [0.29, 0.717) is 63.6 Å². The fourth-order valence-corrected chi connectivity index (χ4v) is 9.60. The molecule has 4 aliphatic heterocycles. The predicted molar refractivity (Wildman–Crippen MR) is 165 cm³/mol. The van der Waals surface area contributed by atoms with E-state index in [9.17, 15) is 30.4 Å². The monoisotopic (exact) mass is 659 g/mol. The van der Waals surface area contributed by atoms with Crippen LogP contribution in [-0.2, 0) is 20.0 Å². The van der Waals surface area contributed by atoms with Crippen LogP contribution in [0, 0.1) is 29.4 Å². The van der Waals surface area contributed by atoms with Crippen molar-refractivity contribution in [3.8, 4) is 0 Å². The van der Waals surface area contributed by atoms with Gasteiger partial charge in [0.15, 0.2) is 0 Å². The van der Waals surface area contributed by atoms with Crippen molar-refractivity contribution in [1.82, 2.24) is 23.7 Å². The van der Waals surface area contributed by atoms with Crippen LogP contribution < -0.4 is 5.32 Å². The third-order valence-corrected chi connectivity index (χ3v) is 13.0. The van der Waals surface area contributed by atoms with E-state index in [0.717, 1.165) is 57.8 Å². The maximum Gasteiger partial charge on any atom is 0.317 e. The Hall–Kier alpha value is -1.87. The molecule has 5 rings (SSSR count). The summed E-state index contributed by atoms with van der Waals surface area (Å²) in [7, 11) is -6.45. The summed E-state index contributed by atoms with van der Waals surface area (Å²) in [6, 6.07) is 3.83. The number of likely N-dealkylation sites (tertiary alicyclic amines) is 1. The standard InChI is InChI=1S/C30H47F2N5O5S2/c1-43(39,40)35-13-3-22(4-14-35)21-37-29(20-33-30(37)38)24-5-10-34(11-6-24)12-9-28(25-17-26(31)19-27(32)18-25)23-7-15-36(16-8-23)44(2,41)42/h17-19,22-24,28-29H,3-16,20-21H2,1-2H3,(H,33,38)/t28-,29?/m1/s1. The van der Waals surface area contributed by atoms with Gasteiger partial charge in [0.25, 0.3) is 0 Å². The smallest absolute Gasteiger partial charge is 0.317 e. The van der Waals surface area contributed by atoms with Crippen LogP contribution >= 0.6 is 0 Å². The number of rotatable bonds is 10. The van der Waals surface area contributed by atoms with Gasteiger partial charge in [-0.1, -0.05) is 0 Å². The number of nitrogens with zero attached hydrogens (tertiary/aromatic N) is 4. The SMILES string of the molecule is CS(=O)(=O)N1CCC(CN2C(=O)NCC2C2CCN(CC[C@@H](c3cc(F)cc(F)c3)C3CCN(S(C)(=O)=O)CC3)CC2)CC1. The first-order valence-electron chi connectivity index (χ1n) is 15.9. The molecule has 2 amide bonds. The molecule has 4 heterocycles. The van der Waals surface area contributed by atoms with Gasteiger partial charge in [0.2, 0.25) is 20.0 Å². The summed E-state index contributed by atoms with van der Waals surface area (Å²) in [5.74, 6) is -0.460. The molecule has 10 nitrogen and oxygen atoms in total. The molecule has 1 unspecified atom stereocenters. The average Bonchev–Trinajstić information content (AvgIpc) is 3.32. The van der Waals surface area contributed by atoms with E-state index in [1.54, 1.807) is 0 Å². The molecule has 4 fully saturated rings. The summed E-state index contributed by atoms with van der Waals surface area (Å²) in [4.78, 5) is 17.2. The van der Waals surface area contributed by atoms with Crippen molar-refractivity contribution in [2.45, 2.75) is 56.9 Å². The molecule has 2 atom stereocenters. The Balaban J connectivity index is 1.15. The number of hydrogen-bond acceptors (Lipinski definition) is 6. The van der Waals surface area contributed by atoms with Crippen LogP contribution in [0.3, 0.4) is 0 Å². The number of halogens is 2. The molecule has 0 aromatic heterocycles. The number of amides is 2. The molecule has 248 valence electrons. The molecule has 0 aliphatic carbocycles. The first kappa shape index (κ1) is 33.5. The highest BCUT2D eigenvalue weighted by atomic mass is 32.2. The predicted octanol–water partition coefficient (Wildman–Crippen LogP) is 2.89. The lowest BCUT2D eigenvalue weighted by atomic mass is 9.78. The number of benzene rings is 1. The topological polar surface area (TPSA) is 110 Å². The second kappa shape index (κ2) is 13.9. The summed E-state index contributed by atoms with van der Waals surface area (Å²) in [6.07, 6.45) is 7.93. The third-order valence-electron chi connectivity index (χ3n) is 10.4. The second-order valence-electron chi connectivity index (χ2n) is 13.3. The minimum absolute atomic E-state index is 0.0324. The summed E-state index contributed by atoms with van der Waals surface area (Å²) >= 11 is 0. The fraction of sp³-hybridized carbons (Fsp3) is 0.767. The molecule has 44 heavy (non-hydrogen) atoms. The van der Waals surface area contributed by atoms with E-state index in [1.807, 2.05) is 4.90 Å². The zero-order valence-corrected chi connectivity index (χ0v) is 27.5. The Bertz CT molecular complexity index is 1350. The van der Waals surface area contributed by atoms with Crippen LogP contribution in [0.2, 0.25) is 0 Å². The van der Waals surface area contributed by atoms with Gasteiger partial charge in [-0.3, -0.25) is 0 Å². The molecule has 4 saturated heterocycles. The van der Waals surface area contributed by atoms with Gasteiger partial charge in [-0.05, 0) is 106 Å². The molecular formula is C30H47F2N5O5S2. The van der Waals surface area contributed by atoms with Crippen molar-refractivity contribution in [2.75, 3.05) is 71.4 Å². The highest BCUT2D eigenvalue weighted by molar-refractivity contribution is 7.88. The molecule has 1 N–H and O–H groups in total. The molecule has 0 bridgehead atoms. The van der Waals surface area contributed by atoms with Crippen LogP contribution in [0.5, 0.6) is 0 Å². The molecule has 0 spiro atoms. The van der Waals surface area contributed by atoms with Crippen molar-refractivity contribution in [3.05, 3.63) is 35.4 Å². The quantitative estimate of drug-likeness (QED) is 0.414. The largest absolute Gasteiger partial charge is 0.336 e. The molecular weight excluding hydrogens is 612 g/mol. The number of piperidine rings is 3. The molecule has 14 heteroatoms. The Morgan fingerprint density at radius 2 is 1.36 bits per heavy atom. The summed E-state index contributed by atoms with van der Waals surface area (Å²) in [6.45, 7) is 5.68. The van der Waals surface area contributed by atoms with Crippen LogP contribution in [0.4, 0.5) is 13.6 Å². The zero-order valence-electron chi connectivity index (χ0n) is 25.8. The number of carbonyl (C=O) groups excluding carboxylic acids is 1. The minimum Gasteiger partial charge on any atom is -0.336 e. The molecule has 0 radical (unpaired) electrons. The highest BCUT2D eigenvalue weighted by Gasteiger charge is 2.40. The molecule has 4 aliphatic rings. The Morgan fingerprint density at radius 1 is 0.818 bits per heavy atom. The van der Waals surface area contributed by atoms with Gasteiger partial charge in [-0.2, -0.15) is 0 Å². The Morgan fingerprint density at radius 3 is 1.91 bits per heavy atom. The Labute approximate surface area is 261 Å². The van der Waals surface area contributed by atoms with Gasteiger partial charge in [0.1, 0.15) is 11.6 Å². The normalized spacial score (nSPS) is 25.4. The second-order valence-corrected chi connectivity index (χ2v) is 17.3. The first-order valence-corrected chi connectivity index (χ1v) is 19.6. The Kier molecular flexibility index (Phi) is 10.6. The highest BCUT2D eigenvalue weighted by Crippen LogP contribution is 2.37.